The molecule has 0 unspecified atom stereocenters. The van der Waals surface area contributed by atoms with E-state index in [2.05, 4.69) is 15.6 Å². The highest BCUT2D eigenvalue weighted by atomic mass is 32.2. The van der Waals surface area contributed by atoms with Crippen LogP contribution in [-0.4, -0.2) is 38.3 Å². The van der Waals surface area contributed by atoms with Gasteiger partial charge in [-0.2, -0.15) is 26.3 Å². The molecule has 0 saturated carbocycles. The van der Waals surface area contributed by atoms with Crippen molar-refractivity contribution in [2.24, 2.45) is 4.99 Å². The van der Waals surface area contributed by atoms with Gasteiger partial charge in [-0.15, -0.1) is 0 Å². The molecule has 1 heterocycles. The molecule has 2 aromatic carbocycles. The number of benzene rings is 2. The molecule has 3 rings (SSSR count). The highest BCUT2D eigenvalue weighted by molar-refractivity contribution is 8.18. The molecule has 0 bridgehead atoms. The number of hydrogen-bond acceptors (Lipinski definition) is 6. The van der Waals surface area contributed by atoms with Gasteiger partial charge in [0.1, 0.15) is 6.61 Å². The predicted octanol–water partition coefficient (Wildman–Crippen LogP) is 5.48. The van der Waals surface area contributed by atoms with Crippen LogP contribution in [0.2, 0.25) is 0 Å². The van der Waals surface area contributed by atoms with Crippen molar-refractivity contribution < 1.29 is 40.6 Å². The Morgan fingerprint density at radius 1 is 1.05 bits per heavy atom. The maximum absolute atomic E-state index is 13.4. The molecule has 0 atom stereocenters. The number of amides is 1. The monoisotopic (exact) mass is 547 g/mol. The molecule has 37 heavy (non-hydrogen) atoms. The summed E-state index contributed by atoms with van der Waals surface area (Å²) in [6.07, 6.45) is -7.51. The lowest BCUT2D eigenvalue weighted by Crippen LogP contribution is -2.20. The molecule has 0 aromatic heterocycles. The number of ether oxygens (including phenoxy) is 2. The van der Waals surface area contributed by atoms with Gasteiger partial charge in [-0.05, 0) is 67.7 Å². The Bertz CT molecular complexity index is 1200. The Hall–Kier alpha value is -3.19. The third kappa shape index (κ3) is 7.65. The summed E-state index contributed by atoms with van der Waals surface area (Å²) in [5, 5.41) is 6.17. The lowest BCUT2D eigenvalue weighted by atomic mass is 10.0. The fourth-order valence-electron chi connectivity index (χ4n) is 3.28. The number of carbonyl (C=O) groups is 1. The lowest BCUT2D eigenvalue weighted by molar-refractivity contribution is -0.143. The number of aliphatic imine (C=N–C) groups is 1. The molecule has 1 fully saturated rings. The molecular weight excluding hydrogens is 524 g/mol. The fourth-order valence-corrected chi connectivity index (χ4v) is 4.13. The van der Waals surface area contributed by atoms with Crippen molar-refractivity contribution in [3.05, 3.63) is 63.6 Å². The van der Waals surface area contributed by atoms with E-state index >= 15 is 0 Å². The lowest BCUT2D eigenvalue weighted by Gasteiger charge is -2.17. The summed E-state index contributed by atoms with van der Waals surface area (Å²) in [5.74, 6) is -0.0780. The van der Waals surface area contributed by atoms with Gasteiger partial charge in [0.25, 0.3) is 5.91 Å². The van der Waals surface area contributed by atoms with Crippen molar-refractivity contribution >= 4 is 28.9 Å². The van der Waals surface area contributed by atoms with Gasteiger partial charge >= 0.3 is 12.4 Å². The van der Waals surface area contributed by atoms with Crippen LogP contribution in [0.4, 0.5) is 26.3 Å². The second kappa shape index (κ2) is 11.9. The van der Waals surface area contributed by atoms with Crippen LogP contribution >= 0.6 is 11.8 Å². The number of nitrogens with one attached hydrogen (secondary N) is 2. The molecule has 2 N–H and O–H groups in total. The van der Waals surface area contributed by atoms with Crippen LogP contribution in [0.1, 0.15) is 28.7 Å². The van der Waals surface area contributed by atoms with E-state index in [1.165, 1.54) is 31.0 Å². The van der Waals surface area contributed by atoms with Crippen LogP contribution < -0.4 is 20.1 Å². The van der Waals surface area contributed by atoms with Crippen molar-refractivity contribution in [1.82, 2.24) is 10.6 Å². The largest absolute Gasteiger partial charge is 0.493 e. The van der Waals surface area contributed by atoms with Crippen molar-refractivity contribution in [1.29, 1.82) is 0 Å². The summed E-state index contributed by atoms with van der Waals surface area (Å²) >= 11 is 1.17. The van der Waals surface area contributed by atoms with Crippen molar-refractivity contribution in [3.8, 4) is 11.5 Å². The summed E-state index contributed by atoms with van der Waals surface area (Å²) in [6.45, 7) is 0.698. The van der Waals surface area contributed by atoms with E-state index in [0.717, 1.165) is 19.0 Å². The van der Waals surface area contributed by atoms with Gasteiger partial charge in [-0.25, -0.2) is 0 Å². The number of hydrogen-bond donors (Lipinski definition) is 2. The standard InChI is InChI=1S/C24H23F6N3O3S/c1-31-8-3-9-32-22-33-21(34)20(37-22)11-14-4-7-18(19(10-14)35-2)36-13-15-5-6-16(23(25,26)27)12-17(15)24(28,29)30/h4-7,10-12,31H,3,8-9,13H2,1-2H3,(H,32,33,34). The van der Waals surface area contributed by atoms with Crippen LogP contribution in [0.3, 0.4) is 0 Å². The van der Waals surface area contributed by atoms with Crippen molar-refractivity contribution in [2.45, 2.75) is 25.4 Å². The molecule has 2 aromatic rings. The first kappa shape index (κ1) is 28.4. The highest BCUT2D eigenvalue weighted by Gasteiger charge is 2.38. The summed E-state index contributed by atoms with van der Waals surface area (Å²) in [5.41, 5.74) is -2.74. The van der Waals surface area contributed by atoms with Gasteiger partial charge in [0, 0.05) is 12.1 Å². The Balaban J connectivity index is 1.76. The molecule has 1 saturated heterocycles. The molecule has 1 aliphatic rings. The van der Waals surface area contributed by atoms with Gasteiger partial charge in [-0.3, -0.25) is 9.79 Å². The Morgan fingerprint density at radius 3 is 2.46 bits per heavy atom. The third-order valence-corrected chi connectivity index (χ3v) is 6.05. The van der Waals surface area contributed by atoms with Gasteiger partial charge < -0.3 is 20.1 Å². The quantitative estimate of drug-likeness (QED) is 0.247. The number of halogens is 6. The van der Waals surface area contributed by atoms with E-state index in [9.17, 15) is 31.1 Å². The Labute approximate surface area is 213 Å². The zero-order valence-electron chi connectivity index (χ0n) is 19.7. The van der Waals surface area contributed by atoms with Gasteiger partial charge in [0.2, 0.25) is 0 Å². The number of thioether (sulfide) groups is 1. The minimum absolute atomic E-state index is 0.0633. The Morgan fingerprint density at radius 2 is 1.81 bits per heavy atom. The normalized spacial score (nSPS) is 16.4. The maximum Gasteiger partial charge on any atom is 0.416 e. The van der Waals surface area contributed by atoms with Gasteiger partial charge in [0.05, 0.1) is 23.1 Å². The molecule has 200 valence electrons. The third-order valence-electron chi connectivity index (χ3n) is 5.10. The van der Waals surface area contributed by atoms with E-state index in [1.807, 2.05) is 7.05 Å². The average molecular weight is 548 g/mol. The van der Waals surface area contributed by atoms with Crippen LogP contribution in [0, 0.1) is 0 Å². The molecule has 6 nitrogen and oxygen atoms in total. The number of rotatable bonds is 9. The summed E-state index contributed by atoms with van der Waals surface area (Å²) in [6, 6.07) is 5.90. The number of amidine groups is 1. The van der Waals surface area contributed by atoms with Gasteiger partial charge in [-0.1, -0.05) is 12.1 Å². The highest BCUT2D eigenvalue weighted by Crippen LogP contribution is 2.38. The minimum atomic E-state index is -5.01. The maximum atomic E-state index is 13.4. The first-order chi connectivity index (χ1) is 17.4. The number of methoxy groups -OCH3 is 1. The van der Waals surface area contributed by atoms with Crippen LogP contribution in [-0.2, 0) is 23.8 Å². The summed E-state index contributed by atoms with van der Waals surface area (Å²) < 4.78 is 89.6. The van der Waals surface area contributed by atoms with Crippen molar-refractivity contribution in [3.63, 3.8) is 0 Å². The van der Waals surface area contributed by atoms with Crippen LogP contribution in [0.25, 0.3) is 6.08 Å². The smallest absolute Gasteiger partial charge is 0.416 e. The summed E-state index contributed by atoms with van der Waals surface area (Å²) in [7, 11) is 3.16. The van der Waals surface area contributed by atoms with E-state index in [4.69, 9.17) is 9.47 Å². The van der Waals surface area contributed by atoms with Crippen LogP contribution in [0.15, 0.2) is 46.3 Å². The second-order valence-corrected chi connectivity index (χ2v) is 8.81. The molecular formula is C24H23F6N3O3S. The zero-order chi connectivity index (χ0) is 27.2. The van der Waals surface area contributed by atoms with Gasteiger partial charge in [0.15, 0.2) is 16.7 Å². The Kier molecular flexibility index (Phi) is 9.13. The minimum Gasteiger partial charge on any atom is -0.493 e. The number of alkyl halides is 6. The SMILES string of the molecule is CNCCCN=C1NC(=O)C(=Cc2ccc(OCc3ccc(C(F)(F)F)cc3C(F)(F)F)c(OC)c2)S1. The molecule has 0 spiro atoms. The van der Waals surface area contributed by atoms with Crippen LogP contribution in [0.5, 0.6) is 11.5 Å². The van der Waals surface area contributed by atoms with E-state index in [-0.39, 0.29) is 23.5 Å². The summed E-state index contributed by atoms with van der Waals surface area (Å²) in [4.78, 5) is 17.0. The topological polar surface area (TPSA) is 72.0 Å². The fraction of sp³-hybridized carbons (Fsp3) is 0.333. The molecule has 0 aliphatic carbocycles. The first-order valence-electron chi connectivity index (χ1n) is 10.9. The van der Waals surface area contributed by atoms with E-state index < -0.39 is 35.6 Å². The number of carbonyl (C=O) groups excluding carboxylic acids is 1. The molecule has 0 radical (unpaired) electrons. The molecule has 13 heteroatoms. The second-order valence-electron chi connectivity index (χ2n) is 7.78. The van der Waals surface area contributed by atoms with E-state index in [0.29, 0.717) is 28.2 Å². The van der Waals surface area contributed by atoms with Crippen molar-refractivity contribution in [2.75, 3.05) is 27.2 Å². The van der Waals surface area contributed by atoms with E-state index in [1.54, 1.807) is 12.1 Å². The molecule has 1 aliphatic heterocycles. The first-order valence-corrected chi connectivity index (χ1v) is 11.7. The predicted molar refractivity (Wildman–Crippen MR) is 128 cm³/mol. The zero-order valence-corrected chi connectivity index (χ0v) is 20.5. The average Bonchev–Trinajstić information content (AvgIpc) is 3.18. The molecule has 1 amide bonds. The number of nitrogens with zero attached hydrogens (tertiary/aromatic N) is 1.